The Bertz CT molecular complexity index is 338. The first-order valence-electron chi connectivity index (χ1n) is 3.88. The summed E-state index contributed by atoms with van der Waals surface area (Å²) in [6.45, 7) is -0.524. The van der Waals surface area contributed by atoms with Crippen LogP contribution in [0.4, 0.5) is 0 Å². The normalized spacial score (nSPS) is 13.2. The summed E-state index contributed by atoms with van der Waals surface area (Å²) >= 11 is 0. The van der Waals surface area contributed by atoms with Crippen molar-refractivity contribution in [3.63, 3.8) is 0 Å². The summed E-state index contributed by atoms with van der Waals surface area (Å²) in [4.78, 5) is 21.3. The summed E-state index contributed by atoms with van der Waals surface area (Å²) in [6, 6.07) is -1.22. The van der Waals surface area contributed by atoms with Crippen molar-refractivity contribution in [2.45, 2.75) is 12.5 Å². The first-order valence-corrected chi connectivity index (χ1v) is 5.49. The Balaban J connectivity index is 3.89. The SMILES string of the molecule is NC(=O)C[C@H](N)C(=O)OCCS(=O)(=O)O. The molecule has 88 valence electrons. The highest BCUT2D eigenvalue weighted by molar-refractivity contribution is 7.85. The van der Waals surface area contributed by atoms with E-state index in [2.05, 4.69) is 4.74 Å². The molecule has 0 fully saturated rings. The number of amides is 1. The largest absolute Gasteiger partial charge is 0.463 e. The van der Waals surface area contributed by atoms with E-state index in [0.29, 0.717) is 0 Å². The van der Waals surface area contributed by atoms with Crippen molar-refractivity contribution in [2.24, 2.45) is 11.5 Å². The molecular formula is C6H12N2O6S. The van der Waals surface area contributed by atoms with Crippen molar-refractivity contribution in [3.8, 4) is 0 Å². The molecule has 0 aromatic heterocycles. The van der Waals surface area contributed by atoms with E-state index in [1.165, 1.54) is 0 Å². The summed E-state index contributed by atoms with van der Waals surface area (Å²) in [5.74, 6) is -2.44. The van der Waals surface area contributed by atoms with Crippen molar-refractivity contribution in [1.82, 2.24) is 0 Å². The second-order valence-electron chi connectivity index (χ2n) is 2.73. The summed E-state index contributed by atoms with van der Waals surface area (Å²) in [5.41, 5.74) is 9.95. The third-order valence-electron chi connectivity index (χ3n) is 1.31. The molecule has 9 heteroatoms. The molecule has 0 aliphatic carbocycles. The summed E-state index contributed by atoms with van der Waals surface area (Å²) in [6.07, 6.45) is -0.384. The molecule has 0 aliphatic rings. The summed E-state index contributed by atoms with van der Waals surface area (Å²) in [7, 11) is -4.18. The van der Waals surface area contributed by atoms with Crippen LogP contribution in [0.1, 0.15) is 6.42 Å². The lowest BCUT2D eigenvalue weighted by Crippen LogP contribution is -2.37. The molecular weight excluding hydrogens is 228 g/mol. The number of carbonyl (C=O) groups is 2. The van der Waals surface area contributed by atoms with Crippen LogP contribution in [-0.4, -0.2) is 43.2 Å². The maximum Gasteiger partial charge on any atom is 0.323 e. The lowest BCUT2D eigenvalue weighted by Gasteiger charge is -2.08. The van der Waals surface area contributed by atoms with Gasteiger partial charge in [0.15, 0.2) is 0 Å². The van der Waals surface area contributed by atoms with Crippen molar-refractivity contribution in [3.05, 3.63) is 0 Å². The number of nitrogens with two attached hydrogens (primary N) is 2. The fourth-order valence-electron chi connectivity index (χ4n) is 0.655. The minimum atomic E-state index is -4.18. The van der Waals surface area contributed by atoms with Crippen LogP contribution in [0.25, 0.3) is 0 Å². The molecule has 0 aliphatic heterocycles. The molecule has 0 saturated heterocycles. The quantitative estimate of drug-likeness (QED) is 0.346. The van der Waals surface area contributed by atoms with Gasteiger partial charge in [-0.05, 0) is 0 Å². The first kappa shape index (κ1) is 13.8. The van der Waals surface area contributed by atoms with Gasteiger partial charge < -0.3 is 16.2 Å². The van der Waals surface area contributed by atoms with Crippen molar-refractivity contribution >= 4 is 22.0 Å². The lowest BCUT2D eigenvalue weighted by atomic mass is 10.2. The van der Waals surface area contributed by atoms with Gasteiger partial charge in [0.25, 0.3) is 10.1 Å². The minimum Gasteiger partial charge on any atom is -0.463 e. The zero-order chi connectivity index (χ0) is 12.1. The molecule has 0 saturated carbocycles. The lowest BCUT2D eigenvalue weighted by molar-refractivity contribution is -0.145. The van der Waals surface area contributed by atoms with Gasteiger partial charge in [-0.15, -0.1) is 0 Å². The number of hydrogen-bond acceptors (Lipinski definition) is 6. The van der Waals surface area contributed by atoms with Gasteiger partial charge in [0, 0.05) is 0 Å². The van der Waals surface area contributed by atoms with Crippen LogP contribution in [-0.2, 0) is 24.4 Å². The number of primary amides is 1. The molecule has 1 atom stereocenters. The topological polar surface area (TPSA) is 150 Å². The molecule has 15 heavy (non-hydrogen) atoms. The Morgan fingerprint density at radius 3 is 2.33 bits per heavy atom. The highest BCUT2D eigenvalue weighted by Gasteiger charge is 2.18. The van der Waals surface area contributed by atoms with Crippen LogP contribution >= 0.6 is 0 Å². The van der Waals surface area contributed by atoms with E-state index in [9.17, 15) is 18.0 Å². The van der Waals surface area contributed by atoms with E-state index in [0.717, 1.165) is 0 Å². The molecule has 0 unspecified atom stereocenters. The van der Waals surface area contributed by atoms with Gasteiger partial charge in [0.1, 0.15) is 18.4 Å². The van der Waals surface area contributed by atoms with E-state index >= 15 is 0 Å². The van der Waals surface area contributed by atoms with Gasteiger partial charge in [0.2, 0.25) is 5.91 Å². The van der Waals surface area contributed by atoms with Crippen molar-refractivity contribution < 1.29 is 27.3 Å². The highest BCUT2D eigenvalue weighted by Crippen LogP contribution is 1.92. The maximum absolute atomic E-state index is 10.9. The zero-order valence-corrected chi connectivity index (χ0v) is 8.57. The second kappa shape index (κ2) is 5.63. The fourth-order valence-corrected chi connectivity index (χ4v) is 0.949. The van der Waals surface area contributed by atoms with Crippen LogP contribution in [0.2, 0.25) is 0 Å². The third-order valence-corrected chi connectivity index (χ3v) is 1.99. The Hall–Kier alpha value is -1.19. The molecule has 0 heterocycles. The molecule has 1 amide bonds. The van der Waals surface area contributed by atoms with E-state index in [1.807, 2.05) is 0 Å². The Labute approximate surface area is 86.3 Å². The van der Waals surface area contributed by atoms with E-state index < -0.39 is 40.4 Å². The average molecular weight is 240 g/mol. The minimum absolute atomic E-state index is 0.384. The van der Waals surface area contributed by atoms with Gasteiger partial charge in [0.05, 0.1) is 6.42 Å². The number of esters is 1. The molecule has 0 rings (SSSR count). The Morgan fingerprint density at radius 1 is 1.40 bits per heavy atom. The molecule has 0 radical (unpaired) electrons. The standard InChI is InChI=1S/C6H12N2O6S/c7-4(3-5(8)9)6(10)14-1-2-15(11,12)13/h4H,1-3,7H2,(H2,8,9)(H,11,12,13)/t4-/m0/s1. The van der Waals surface area contributed by atoms with E-state index in [4.69, 9.17) is 16.0 Å². The van der Waals surface area contributed by atoms with Gasteiger partial charge in [-0.3, -0.25) is 14.1 Å². The molecule has 0 aromatic carbocycles. The average Bonchev–Trinajstić information content (AvgIpc) is 2.00. The first-order chi connectivity index (χ1) is 6.72. The second-order valence-corrected chi connectivity index (χ2v) is 4.30. The van der Waals surface area contributed by atoms with Crippen LogP contribution in [0, 0.1) is 0 Å². The predicted octanol–water partition coefficient (Wildman–Crippen LogP) is -2.38. The Morgan fingerprint density at radius 2 is 1.93 bits per heavy atom. The highest BCUT2D eigenvalue weighted by atomic mass is 32.2. The molecule has 5 N–H and O–H groups in total. The van der Waals surface area contributed by atoms with Gasteiger partial charge in [-0.1, -0.05) is 0 Å². The van der Waals surface area contributed by atoms with Crippen molar-refractivity contribution in [2.75, 3.05) is 12.4 Å². The smallest absolute Gasteiger partial charge is 0.323 e. The monoisotopic (exact) mass is 240 g/mol. The zero-order valence-electron chi connectivity index (χ0n) is 7.75. The fraction of sp³-hybridized carbons (Fsp3) is 0.667. The molecule has 8 nitrogen and oxygen atoms in total. The van der Waals surface area contributed by atoms with Crippen LogP contribution < -0.4 is 11.5 Å². The van der Waals surface area contributed by atoms with E-state index in [1.54, 1.807) is 0 Å². The molecule has 0 bridgehead atoms. The Kier molecular flexibility index (Phi) is 5.19. The third kappa shape index (κ3) is 7.85. The van der Waals surface area contributed by atoms with Gasteiger partial charge in [-0.25, -0.2) is 0 Å². The number of hydrogen-bond donors (Lipinski definition) is 3. The van der Waals surface area contributed by atoms with E-state index in [-0.39, 0.29) is 6.42 Å². The predicted molar refractivity (Wildman–Crippen MR) is 49.2 cm³/mol. The number of ether oxygens (including phenoxy) is 1. The van der Waals surface area contributed by atoms with Crippen LogP contribution in [0.5, 0.6) is 0 Å². The van der Waals surface area contributed by atoms with Gasteiger partial charge in [-0.2, -0.15) is 8.42 Å². The summed E-state index contributed by atoms with van der Waals surface area (Å²) in [5, 5.41) is 0. The number of carbonyl (C=O) groups excluding carboxylic acids is 2. The van der Waals surface area contributed by atoms with Crippen LogP contribution in [0.15, 0.2) is 0 Å². The number of rotatable bonds is 6. The molecule has 0 aromatic rings. The summed E-state index contributed by atoms with van der Waals surface area (Å²) < 4.78 is 33.1. The maximum atomic E-state index is 10.9. The van der Waals surface area contributed by atoms with Crippen molar-refractivity contribution in [1.29, 1.82) is 0 Å². The van der Waals surface area contributed by atoms with Gasteiger partial charge >= 0.3 is 5.97 Å². The molecule has 0 spiro atoms. The van der Waals surface area contributed by atoms with Crippen LogP contribution in [0.3, 0.4) is 0 Å².